The Morgan fingerprint density at radius 3 is 3.18 bits per heavy atom. The molecule has 0 saturated heterocycles. The van der Waals surface area contributed by atoms with Crippen LogP contribution in [0.5, 0.6) is 0 Å². The molecule has 1 heterocycles. The fourth-order valence-electron chi connectivity index (χ4n) is 1.07. The first-order valence-corrected chi connectivity index (χ1v) is 5.70. The van der Waals surface area contributed by atoms with E-state index in [0.717, 1.165) is 18.7 Å². The van der Waals surface area contributed by atoms with E-state index >= 15 is 0 Å². The second-order valence-electron chi connectivity index (χ2n) is 3.23. The van der Waals surface area contributed by atoms with Crippen molar-refractivity contribution >= 4 is 23.5 Å². The van der Waals surface area contributed by atoms with Gasteiger partial charge in [-0.05, 0) is 30.8 Å². The Morgan fingerprint density at radius 2 is 2.47 bits per heavy atom. The van der Waals surface area contributed by atoms with Gasteiger partial charge in [0.2, 0.25) is 0 Å². The lowest BCUT2D eigenvalue weighted by Gasteiger charge is -2.05. The van der Waals surface area contributed by atoms with Gasteiger partial charge in [-0.1, -0.05) is 6.07 Å². The second kappa shape index (κ2) is 8.60. The molecule has 1 rings (SSSR count). The molecule has 0 unspecified atom stereocenters. The summed E-state index contributed by atoms with van der Waals surface area (Å²) >= 11 is 5.02. The van der Waals surface area contributed by atoms with Gasteiger partial charge in [0.05, 0.1) is 11.9 Å². The predicted octanol–water partition coefficient (Wildman–Crippen LogP) is 0.916. The van der Waals surface area contributed by atoms with E-state index in [9.17, 15) is 0 Å². The summed E-state index contributed by atoms with van der Waals surface area (Å²) in [5, 5.41) is 7.47. The number of rotatable bonds is 6. The van der Waals surface area contributed by atoms with E-state index in [1.165, 1.54) is 0 Å². The number of ether oxygens (including phenoxy) is 1. The van der Waals surface area contributed by atoms with Gasteiger partial charge in [0.1, 0.15) is 0 Å². The Labute approximate surface area is 106 Å². The summed E-state index contributed by atoms with van der Waals surface area (Å²) in [6, 6.07) is 5.61. The van der Waals surface area contributed by atoms with Gasteiger partial charge in [0, 0.05) is 26.5 Å². The van der Waals surface area contributed by atoms with Crippen LogP contribution in [0.25, 0.3) is 0 Å². The minimum Gasteiger partial charge on any atom is -0.385 e. The fraction of sp³-hybridized carbons (Fsp3) is 0.364. The number of methoxy groups -OCH3 is 1. The molecular formula is C11H16N4OS. The molecule has 0 fully saturated rings. The zero-order valence-corrected chi connectivity index (χ0v) is 10.5. The summed E-state index contributed by atoms with van der Waals surface area (Å²) in [7, 11) is 1.67. The molecule has 0 aliphatic rings. The van der Waals surface area contributed by atoms with E-state index in [1.807, 2.05) is 18.2 Å². The van der Waals surface area contributed by atoms with Gasteiger partial charge < -0.3 is 10.1 Å². The topological polar surface area (TPSA) is 58.5 Å². The maximum Gasteiger partial charge on any atom is 0.186 e. The van der Waals surface area contributed by atoms with Crippen LogP contribution in [0.3, 0.4) is 0 Å². The van der Waals surface area contributed by atoms with Crippen LogP contribution in [0.2, 0.25) is 0 Å². The van der Waals surface area contributed by atoms with Crippen LogP contribution in [0, 0.1) is 0 Å². The van der Waals surface area contributed by atoms with Crippen molar-refractivity contribution in [2.75, 3.05) is 20.3 Å². The molecule has 1 aromatic rings. The second-order valence-corrected chi connectivity index (χ2v) is 3.64. The molecule has 17 heavy (non-hydrogen) atoms. The van der Waals surface area contributed by atoms with Gasteiger partial charge in [0.25, 0.3) is 0 Å². The van der Waals surface area contributed by atoms with Crippen LogP contribution >= 0.6 is 12.2 Å². The number of hydrogen-bond donors (Lipinski definition) is 2. The molecule has 0 aliphatic carbocycles. The minimum absolute atomic E-state index is 0.494. The summed E-state index contributed by atoms with van der Waals surface area (Å²) in [6.45, 7) is 1.48. The maximum atomic E-state index is 5.02. The molecule has 0 atom stereocenters. The highest BCUT2D eigenvalue weighted by Gasteiger charge is 1.92. The van der Waals surface area contributed by atoms with E-state index < -0.39 is 0 Å². The van der Waals surface area contributed by atoms with Gasteiger partial charge in [-0.25, -0.2) is 0 Å². The van der Waals surface area contributed by atoms with Gasteiger partial charge in [0.15, 0.2) is 5.11 Å². The molecule has 0 spiro atoms. The van der Waals surface area contributed by atoms with Crippen LogP contribution in [0.15, 0.2) is 29.5 Å². The Bertz CT molecular complexity index is 356. The van der Waals surface area contributed by atoms with E-state index in [-0.39, 0.29) is 0 Å². The quantitative estimate of drug-likeness (QED) is 0.341. The largest absolute Gasteiger partial charge is 0.385 e. The summed E-state index contributed by atoms with van der Waals surface area (Å²) < 4.78 is 4.92. The first kappa shape index (κ1) is 13.5. The Morgan fingerprint density at radius 1 is 1.59 bits per heavy atom. The van der Waals surface area contributed by atoms with Gasteiger partial charge in [-0.15, -0.1) is 0 Å². The molecule has 6 heteroatoms. The highest BCUT2D eigenvalue weighted by Crippen LogP contribution is 1.87. The molecule has 5 nitrogen and oxygen atoms in total. The van der Waals surface area contributed by atoms with Crippen LogP contribution in [0.4, 0.5) is 0 Å². The van der Waals surface area contributed by atoms with Gasteiger partial charge in [-0.2, -0.15) is 5.10 Å². The lowest BCUT2D eigenvalue weighted by atomic mass is 10.4. The van der Waals surface area contributed by atoms with Crippen LogP contribution in [-0.2, 0) is 4.74 Å². The zero-order valence-electron chi connectivity index (χ0n) is 9.72. The summed E-state index contributed by atoms with van der Waals surface area (Å²) in [5.41, 5.74) is 3.50. The fourth-order valence-corrected chi connectivity index (χ4v) is 1.22. The number of thiocarbonyl (C=S) groups is 1. The van der Waals surface area contributed by atoms with Crippen molar-refractivity contribution in [3.05, 3.63) is 30.1 Å². The molecule has 92 valence electrons. The van der Waals surface area contributed by atoms with Crippen molar-refractivity contribution in [3.63, 3.8) is 0 Å². The minimum atomic E-state index is 0.494. The molecule has 0 aliphatic heterocycles. The Kier molecular flexibility index (Phi) is 6.85. The average molecular weight is 252 g/mol. The van der Waals surface area contributed by atoms with Crippen molar-refractivity contribution in [1.82, 2.24) is 15.7 Å². The third-order valence-corrected chi connectivity index (χ3v) is 2.10. The van der Waals surface area contributed by atoms with Crippen molar-refractivity contribution in [2.24, 2.45) is 5.10 Å². The number of nitrogens with zero attached hydrogens (tertiary/aromatic N) is 2. The number of aromatic nitrogens is 1. The third kappa shape index (κ3) is 6.60. The summed E-state index contributed by atoms with van der Waals surface area (Å²) in [4.78, 5) is 4.09. The highest BCUT2D eigenvalue weighted by molar-refractivity contribution is 7.80. The Balaban J connectivity index is 2.17. The van der Waals surface area contributed by atoms with Gasteiger partial charge in [-0.3, -0.25) is 10.4 Å². The van der Waals surface area contributed by atoms with E-state index in [4.69, 9.17) is 17.0 Å². The SMILES string of the molecule is COCCCNC(=S)N/N=C/c1ccccn1. The Hall–Kier alpha value is -1.53. The normalized spacial score (nSPS) is 10.4. The average Bonchev–Trinajstić information content (AvgIpc) is 2.36. The smallest absolute Gasteiger partial charge is 0.186 e. The number of pyridine rings is 1. The molecular weight excluding hydrogens is 236 g/mol. The van der Waals surface area contributed by atoms with Crippen LogP contribution in [-0.4, -0.2) is 36.6 Å². The molecule has 0 amide bonds. The monoisotopic (exact) mass is 252 g/mol. The van der Waals surface area contributed by atoms with Crippen LogP contribution < -0.4 is 10.7 Å². The number of nitrogens with one attached hydrogen (secondary N) is 2. The molecule has 2 N–H and O–H groups in total. The zero-order chi connectivity index (χ0) is 12.3. The third-order valence-electron chi connectivity index (χ3n) is 1.86. The van der Waals surface area contributed by atoms with Gasteiger partial charge >= 0.3 is 0 Å². The molecule has 0 radical (unpaired) electrons. The first-order chi connectivity index (χ1) is 8.33. The summed E-state index contributed by atoms with van der Waals surface area (Å²) in [6.07, 6.45) is 4.23. The van der Waals surface area contributed by atoms with Crippen molar-refractivity contribution in [2.45, 2.75) is 6.42 Å². The first-order valence-electron chi connectivity index (χ1n) is 5.30. The molecule has 0 bridgehead atoms. The highest BCUT2D eigenvalue weighted by atomic mass is 32.1. The molecule has 1 aromatic heterocycles. The van der Waals surface area contributed by atoms with Crippen LogP contribution in [0.1, 0.15) is 12.1 Å². The number of hydrogen-bond acceptors (Lipinski definition) is 4. The van der Waals surface area contributed by atoms with E-state index in [1.54, 1.807) is 19.5 Å². The molecule has 0 aromatic carbocycles. The molecule has 0 saturated carbocycles. The van der Waals surface area contributed by atoms with Crippen molar-refractivity contribution < 1.29 is 4.74 Å². The van der Waals surface area contributed by atoms with Crippen molar-refractivity contribution in [3.8, 4) is 0 Å². The van der Waals surface area contributed by atoms with E-state index in [2.05, 4.69) is 20.8 Å². The summed E-state index contributed by atoms with van der Waals surface area (Å²) in [5.74, 6) is 0. The lowest BCUT2D eigenvalue weighted by Crippen LogP contribution is -2.33. The lowest BCUT2D eigenvalue weighted by molar-refractivity contribution is 0.195. The van der Waals surface area contributed by atoms with E-state index in [0.29, 0.717) is 11.7 Å². The maximum absolute atomic E-state index is 5.02. The van der Waals surface area contributed by atoms with Crippen molar-refractivity contribution in [1.29, 1.82) is 0 Å². The predicted molar refractivity (Wildman–Crippen MR) is 72.1 cm³/mol. The standard InChI is InChI=1S/C11H16N4OS/c1-16-8-4-7-13-11(17)15-14-9-10-5-2-3-6-12-10/h2-3,5-6,9H,4,7-8H2,1H3,(H2,13,15,17)/b14-9+. The number of hydrazone groups is 1.